The molecule has 0 bridgehead atoms. The molecular weight excluding hydrogens is 382 g/mol. The first-order valence-corrected chi connectivity index (χ1v) is 9.71. The van der Waals surface area contributed by atoms with Gasteiger partial charge in [0.05, 0.1) is 16.5 Å². The number of nitrogens with zero attached hydrogens (tertiary/aromatic N) is 1. The Balaban J connectivity index is 1.79. The summed E-state index contributed by atoms with van der Waals surface area (Å²) in [4.78, 5) is 23.4. The van der Waals surface area contributed by atoms with Crippen LogP contribution in [0.3, 0.4) is 0 Å². The summed E-state index contributed by atoms with van der Waals surface area (Å²) in [5.41, 5.74) is 3.23. The lowest BCUT2D eigenvalue weighted by atomic mass is 9.87. The maximum Gasteiger partial charge on any atom is 0.379 e. The number of hydrogen-bond acceptors (Lipinski definition) is 5. The summed E-state index contributed by atoms with van der Waals surface area (Å²) in [5, 5.41) is 21.6. The smallest absolute Gasteiger partial charge is 0.379 e. The molecular formula is C24H23NO5. The van der Waals surface area contributed by atoms with Crippen molar-refractivity contribution in [2.24, 2.45) is 0 Å². The number of phenols is 1. The molecule has 4 rings (SSSR count). The zero-order valence-electron chi connectivity index (χ0n) is 17.1. The molecule has 154 valence electrons. The highest BCUT2D eigenvalue weighted by Gasteiger charge is 2.33. The molecule has 1 aliphatic heterocycles. The van der Waals surface area contributed by atoms with Crippen molar-refractivity contribution in [3.8, 4) is 5.75 Å². The van der Waals surface area contributed by atoms with E-state index < -0.39 is 11.8 Å². The second-order valence-electron chi connectivity index (χ2n) is 8.52. The van der Waals surface area contributed by atoms with Crippen LogP contribution in [-0.2, 0) is 26.3 Å². The number of benzene rings is 2. The summed E-state index contributed by atoms with van der Waals surface area (Å²) in [5.74, 6) is -2.21. The number of phenolic OH excluding ortho intramolecular Hbond substituents is 1. The van der Waals surface area contributed by atoms with Crippen LogP contribution in [0.15, 0.2) is 54.2 Å². The number of esters is 1. The maximum absolute atomic E-state index is 12.0. The molecule has 30 heavy (non-hydrogen) atoms. The number of carbonyl (C=O) groups excluding carboxylic acids is 2. The number of ketones is 1. The van der Waals surface area contributed by atoms with Crippen molar-refractivity contribution in [1.29, 1.82) is 0 Å². The molecule has 6 nitrogen and oxygen atoms in total. The van der Waals surface area contributed by atoms with Crippen molar-refractivity contribution < 1.29 is 24.5 Å². The summed E-state index contributed by atoms with van der Waals surface area (Å²) in [6.07, 6.45) is 1.68. The first-order chi connectivity index (χ1) is 14.2. The van der Waals surface area contributed by atoms with Crippen LogP contribution in [0.5, 0.6) is 5.75 Å². The minimum absolute atomic E-state index is 0.0193. The lowest BCUT2D eigenvalue weighted by molar-refractivity contribution is -0.146. The largest absolute Gasteiger partial charge is 0.507 e. The van der Waals surface area contributed by atoms with Gasteiger partial charge in [0.1, 0.15) is 18.1 Å². The SMILES string of the molecule is CC(C)(C)c1ccc(Cn2cc(C(O)=C3COC(=O)C3=O)c3c(O)cccc32)cc1. The van der Waals surface area contributed by atoms with Gasteiger partial charge >= 0.3 is 5.97 Å². The minimum atomic E-state index is -0.983. The lowest BCUT2D eigenvalue weighted by Gasteiger charge is -2.19. The Morgan fingerprint density at radius 2 is 1.80 bits per heavy atom. The molecule has 0 radical (unpaired) electrons. The molecule has 1 fully saturated rings. The van der Waals surface area contributed by atoms with E-state index in [0.717, 1.165) is 5.56 Å². The van der Waals surface area contributed by atoms with Crippen LogP contribution in [-0.4, -0.2) is 33.1 Å². The van der Waals surface area contributed by atoms with Crippen LogP contribution in [0.2, 0.25) is 0 Å². The van der Waals surface area contributed by atoms with Gasteiger partial charge in [0, 0.05) is 18.3 Å². The Bertz CT molecular complexity index is 1190. The maximum atomic E-state index is 12.0. The molecule has 3 aromatic rings. The fourth-order valence-corrected chi connectivity index (χ4v) is 3.68. The van der Waals surface area contributed by atoms with Gasteiger partial charge in [-0.2, -0.15) is 0 Å². The number of cyclic esters (lactones) is 1. The first kappa shape index (κ1) is 19.8. The van der Waals surface area contributed by atoms with Crippen molar-refractivity contribution in [1.82, 2.24) is 4.57 Å². The molecule has 6 heteroatoms. The number of carbonyl (C=O) groups is 2. The van der Waals surface area contributed by atoms with E-state index in [2.05, 4.69) is 45.0 Å². The summed E-state index contributed by atoms with van der Waals surface area (Å²) < 4.78 is 6.63. The Hall–Kier alpha value is -3.54. The van der Waals surface area contributed by atoms with E-state index in [9.17, 15) is 19.8 Å². The number of hydrogen-bond donors (Lipinski definition) is 2. The average Bonchev–Trinajstić information content (AvgIpc) is 3.23. The van der Waals surface area contributed by atoms with E-state index in [-0.39, 0.29) is 34.7 Å². The molecule has 0 amide bonds. The van der Waals surface area contributed by atoms with Crippen LogP contribution in [0.1, 0.15) is 37.5 Å². The fraction of sp³-hybridized carbons (Fsp3) is 0.250. The zero-order chi connectivity index (χ0) is 21.6. The van der Waals surface area contributed by atoms with Gasteiger partial charge in [0.25, 0.3) is 5.78 Å². The van der Waals surface area contributed by atoms with Gasteiger partial charge < -0.3 is 19.5 Å². The number of rotatable bonds is 3. The van der Waals surface area contributed by atoms with Gasteiger partial charge in [-0.05, 0) is 28.7 Å². The van der Waals surface area contributed by atoms with Crippen molar-refractivity contribution in [2.45, 2.75) is 32.7 Å². The van der Waals surface area contributed by atoms with Gasteiger partial charge in [-0.3, -0.25) is 4.79 Å². The normalized spacial score (nSPS) is 16.2. The van der Waals surface area contributed by atoms with Crippen molar-refractivity contribution >= 4 is 28.4 Å². The molecule has 0 aliphatic carbocycles. The zero-order valence-corrected chi connectivity index (χ0v) is 17.1. The van der Waals surface area contributed by atoms with E-state index in [4.69, 9.17) is 4.74 Å². The molecule has 0 saturated carbocycles. The third kappa shape index (κ3) is 3.34. The monoisotopic (exact) mass is 405 g/mol. The molecule has 0 spiro atoms. The van der Waals surface area contributed by atoms with Gasteiger partial charge in [-0.15, -0.1) is 0 Å². The molecule has 0 atom stereocenters. The Morgan fingerprint density at radius 3 is 2.40 bits per heavy atom. The van der Waals surface area contributed by atoms with Crippen LogP contribution in [0.4, 0.5) is 0 Å². The topological polar surface area (TPSA) is 88.8 Å². The summed E-state index contributed by atoms with van der Waals surface area (Å²) >= 11 is 0. The highest BCUT2D eigenvalue weighted by Crippen LogP contribution is 2.35. The standard InChI is InChI=1S/C24H23NO5/c1-24(2,3)15-9-7-14(8-10-15)11-25-12-16(20-18(25)5-4-6-19(20)26)21(27)17-13-30-23(29)22(17)28/h4-10,12,26-27H,11,13H2,1-3H3. The highest BCUT2D eigenvalue weighted by molar-refractivity contribution is 6.43. The summed E-state index contributed by atoms with van der Waals surface area (Å²) in [6.45, 7) is 6.71. The number of aliphatic hydroxyl groups is 1. The van der Waals surface area contributed by atoms with Gasteiger partial charge in [0.2, 0.25) is 0 Å². The molecule has 1 saturated heterocycles. The highest BCUT2D eigenvalue weighted by atomic mass is 16.5. The van der Waals surface area contributed by atoms with Gasteiger partial charge in [0.15, 0.2) is 0 Å². The predicted molar refractivity (Wildman–Crippen MR) is 113 cm³/mol. The average molecular weight is 405 g/mol. The Labute approximate surface area is 174 Å². The fourth-order valence-electron chi connectivity index (χ4n) is 3.68. The Morgan fingerprint density at radius 1 is 1.10 bits per heavy atom. The second-order valence-corrected chi connectivity index (χ2v) is 8.52. The van der Waals surface area contributed by atoms with Gasteiger partial charge in [-0.25, -0.2) is 4.79 Å². The van der Waals surface area contributed by atoms with Crippen LogP contribution in [0.25, 0.3) is 16.7 Å². The van der Waals surface area contributed by atoms with E-state index in [1.807, 2.05) is 10.6 Å². The van der Waals surface area contributed by atoms with Crippen molar-refractivity contribution in [2.75, 3.05) is 6.61 Å². The number of Topliss-reactive ketones (excluding diaryl/α,β-unsaturated/α-hetero) is 1. The minimum Gasteiger partial charge on any atom is -0.507 e. The van der Waals surface area contributed by atoms with E-state index in [1.54, 1.807) is 12.3 Å². The molecule has 2 N–H and O–H groups in total. The van der Waals surface area contributed by atoms with Gasteiger partial charge in [-0.1, -0.05) is 51.1 Å². The molecule has 2 aromatic carbocycles. The molecule has 2 heterocycles. The summed E-state index contributed by atoms with van der Waals surface area (Å²) in [6, 6.07) is 13.4. The number of fused-ring (bicyclic) bond motifs is 1. The Kier molecular flexibility index (Phi) is 4.65. The van der Waals surface area contributed by atoms with Crippen LogP contribution >= 0.6 is 0 Å². The van der Waals surface area contributed by atoms with E-state index >= 15 is 0 Å². The predicted octanol–water partition coefficient (Wildman–Crippen LogP) is 4.09. The van der Waals surface area contributed by atoms with E-state index in [1.165, 1.54) is 11.6 Å². The summed E-state index contributed by atoms with van der Waals surface area (Å²) in [7, 11) is 0. The quantitative estimate of drug-likeness (QED) is 0.297. The number of aromatic nitrogens is 1. The van der Waals surface area contributed by atoms with Crippen LogP contribution in [0, 0.1) is 0 Å². The number of aromatic hydroxyl groups is 1. The molecule has 1 aromatic heterocycles. The second kappa shape index (κ2) is 7.06. The number of ether oxygens (including phenoxy) is 1. The first-order valence-electron chi connectivity index (χ1n) is 9.71. The lowest BCUT2D eigenvalue weighted by Crippen LogP contribution is -2.11. The third-order valence-corrected chi connectivity index (χ3v) is 5.41. The van der Waals surface area contributed by atoms with Crippen LogP contribution < -0.4 is 0 Å². The third-order valence-electron chi connectivity index (χ3n) is 5.41. The molecule has 1 aliphatic rings. The van der Waals surface area contributed by atoms with E-state index in [0.29, 0.717) is 17.4 Å². The number of aliphatic hydroxyl groups excluding tert-OH is 1. The molecule has 0 unspecified atom stereocenters. The van der Waals surface area contributed by atoms with Crippen molar-refractivity contribution in [3.63, 3.8) is 0 Å². The van der Waals surface area contributed by atoms with Crippen molar-refractivity contribution in [3.05, 3.63) is 70.9 Å².